The maximum atomic E-state index is 11.0. The number of hydrogen-bond acceptors (Lipinski definition) is 2. The van der Waals surface area contributed by atoms with Crippen molar-refractivity contribution in [2.75, 3.05) is 0 Å². The zero-order valence-electron chi connectivity index (χ0n) is 9.47. The minimum atomic E-state index is 0.185. The Morgan fingerprint density at radius 1 is 1.31 bits per heavy atom. The second-order valence-electron chi connectivity index (χ2n) is 3.94. The lowest BCUT2D eigenvalue weighted by atomic mass is 10.1. The Bertz CT molecular complexity index is 497. The second-order valence-corrected chi connectivity index (χ2v) is 3.94. The Labute approximate surface area is 94.7 Å². The Balaban J connectivity index is 2.26. The van der Waals surface area contributed by atoms with Crippen molar-refractivity contribution in [3.63, 3.8) is 0 Å². The lowest BCUT2D eigenvalue weighted by Gasteiger charge is -2.03. The summed E-state index contributed by atoms with van der Waals surface area (Å²) in [5.41, 5.74) is 2.12. The molecule has 16 heavy (non-hydrogen) atoms. The van der Waals surface area contributed by atoms with Gasteiger partial charge in [0.2, 0.25) is 0 Å². The van der Waals surface area contributed by atoms with E-state index in [-0.39, 0.29) is 5.78 Å². The molecule has 2 rings (SSSR count). The Morgan fingerprint density at radius 2 is 2.00 bits per heavy atom. The minimum absolute atomic E-state index is 0.185. The van der Waals surface area contributed by atoms with Crippen LogP contribution in [-0.2, 0) is 18.3 Å². The van der Waals surface area contributed by atoms with Crippen molar-refractivity contribution in [1.29, 1.82) is 0 Å². The molecule has 0 unspecified atom stereocenters. The molecule has 0 saturated carbocycles. The van der Waals surface area contributed by atoms with E-state index >= 15 is 0 Å². The van der Waals surface area contributed by atoms with E-state index in [0.29, 0.717) is 6.42 Å². The largest absolute Gasteiger partial charge is 0.334 e. The van der Waals surface area contributed by atoms with Gasteiger partial charge in [-0.25, -0.2) is 4.98 Å². The molecule has 0 aliphatic heterocycles. The quantitative estimate of drug-likeness (QED) is 0.785. The van der Waals surface area contributed by atoms with Gasteiger partial charge in [0, 0.05) is 31.4 Å². The van der Waals surface area contributed by atoms with Crippen molar-refractivity contribution in [2.45, 2.75) is 13.3 Å². The highest BCUT2D eigenvalue weighted by Crippen LogP contribution is 2.17. The van der Waals surface area contributed by atoms with Crippen molar-refractivity contribution in [1.82, 2.24) is 9.55 Å². The average Bonchev–Trinajstić information content (AvgIpc) is 2.65. The summed E-state index contributed by atoms with van der Waals surface area (Å²) in [5.74, 6) is 1.12. The van der Waals surface area contributed by atoms with Crippen molar-refractivity contribution in [3.05, 3.63) is 42.2 Å². The van der Waals surface area contributed by atoms with Gasteiger partial charge in [-0.15, -0.1) is 0 Å². The predicted molar refractivity (Wildman–Crippen MR) is 63.0 cm³/mol. The summed E-state index contributed by atoms with van der Waals surface area (Å²) < 4.78 is 1.97. The molecule has 0 aliphatic carbocycles. The smallest absolute Gasteiger partial charge is 0.139 e. The van der Waals surface area contributed by atoms with Crippen LogP contribution >= 0.6 is 0 Å². The molecular formula is C13H14N2O. The molecule has 0 radical (unpaired) electrons. The van der Waals surface area contributed by atoms with E-state index in [2.05, 4.69) is 4.98 Å². The van der Waals surface area contributed by atoms with E-state index in [4.69, 9.17) is 0 Å². The van der Waals surface area contributed by atoms with Crippen LogP contribution in [0.25, 0.3) is 11.4 Å². The summed E-state index contributed by atoms with van der Waals surface area (Å²) in [6.07, 6.45) is 4.19. The highest BCUT2D eigenvalue weighted by molar-refractivity contribution is 5.78. The highest BCUT2D eigenvalue weighted by atomic mass is 16.1. The third-order valence-corrected chi connectivity index (χ3v) is 2.49. The van der Waals surface area contributed by atoms with Crippen LogP contribution in [0.5, 0.6) is 0 Å². The lowest BCUT2D eigenvalue weighted by molar-refractivity contribution is -0.116. The topological polar surface area (TPSA) is 34.9 Å². The molecule has 0 bridgehead atoms. The standard InChI is InChI=1S/C13H14N2O/c1-10(16)9-11-3-5-12(6-4-11)13-14-7-8-15(13)2/h3-8H,9H2,1-2H3. The minimum Gasteiger partial charge on any atom is -0.334 e. The van der Waals surface area contributed by atoms with Crippen LogP contribution in [0.3, 0.4) is 0 Å². The normalized spacial score (nSPS) is 10.4. The van der Waals surface area contributed by atoms with Crippen molar-refractivity contribution < 1.29 is 4.79 Å². The molecule has 3 nitrogen and oxygen atoms in total. The van der Waals surface area contributed by atoms with Crippen LogP contribution in [0, 0.1) is 0 Å². The van der Waals surface area contributed by atoms with Gasteiger partial charge in [0.15, 0.2) is 0 Å². The fraction of sp³-hybridized carbons (Fsp3) is 0.231. The number of hydrogen-bond donors (Lipinski definition) is 0. The van der Waals surface area contributed by atoms with Gasteiger partial charge < -0.3 is 4.57 Å². The second kappa shape index (κ2) is 4.31. The number of imidazole rings is 1. The molecule has 0 spiro atoms. The number of carbonyl (C=O) groups is 1. The highest BCUT2D eigenvalue weighted by Gasteiger charge is 2.03. The molecule has 0 aliphatic rings. The molecule has 1 aromatic heterocycles. The third-order valence-electron chi connectivity index (χ3n) is 2.49. The van der Waals surface area contributed by atoms with Crippen LogP contribution in [0.1, 0.15) is 12.5 Å². The molecule has 0 N–H and O–H groups in total. The van der Waals surface area contributed by atoms with Crippen LogP contribution in [0.2, 0.25) is 0 Å². The number of aromatic nitrogens is 2. The number of carbonyl (C=O) groups excluding carboxylic acids is 1. The van der Waals surface area contributed by atoms with Crippen LogP contribution in [0.15, 0.2) is 36.7 Å². The van der Waals surface area contributed by atoms with Gasteiger partial charge >= 0.3 is 0 Å². The summed E-state index contributed by atoms with van der Waals surface area (Å²) in [6.45, 7) is 1.60. The average molecular weight is 214 g/mol. The molecule has 0 atom stereocenters. The third kappa shape index (κ3) is 2.19. The van der Waals surface area contributed by atoms with E-state index in [1.54, 1.807) is 13.1 Å². The van der Waals surface area contributed by atoms with Crippen LogP contribution in [-0.4, -0.2) is 15.3 Å². The molecule has 0 amide bonds. The van der Waals surface area contributed by atoms with E-state index in [9.17, 15) is 4.79 Å². The van der Waals surface area contributed by atoms with Crippen LogP contribution < -0.4 is 0 Å². The van der Waals surface area contributed by atoms with Crippen molar-refractivity contribution in [3.8, 4) is 11.4 Å². The number of aryl methyl sites for hydroxylation is 1. The number of ketones is 1. The van der Waals surface area contributed by atoms with E-state index in [0.717, 1.165) is 17.0 Å². The summed E-state index contributed by atoms with van der Waals surface area (Å²) >= 11 is 0. The first kappa shape index (κ1) is 10.6. The molecule has 2 aromatic rings. The van der Waals surface area contributed by atoms with Crippen molar-refractivity contribution >= 4 is 5.78 Å². The first-order chi connectivity index (χ1) is 7.66. The molecule has 1 aromatic carbocycles. The maximum absolute atomic E-state index is 11.0. The predicted octanol–water partition coefficient (Wildman–Crippen LogP) is 2.22. The zero-order chi connectivity index (χ0) is 11.5. The Hall–Kier alpha value is -1.90. The van der Waals surface area contributed by atoms with Gasteiger partial charge in [0.1, 0.15) is 11.6 Å². The van der Waals surface area contributed by atoms with E-state index < -0.39 is 0 Å². The number of rotatable bonds is 3. The maximum Gasteiger partial charge on any atom is 0.139 e. The SMILES string of the molecule is CC(=O)Cc1ccc(-c2nccn2C)cc1. The number of nitrogens with zero attached hydrogens (tertiary/aromatic N) is 2. The lowest BCUT2D eigenvalue weighted by Crippen LogP contribution is -1.96. The van der Waals surface area contributed by atoms with E-state index in [1.165, 1.54) is 0 Å². The monoisotopic (exact) mass is 214 g/mol. The van der Waals surface area contributed by atoms with Crippen LogP contribution in [0.4, 0.5) is 0 Å². The number of benzene rings is 1. The zero-order valence-corrected chi connectivity index (χ0v) is 9.47. The molecule has 0 fully saturated rings. The summed E-state index contributed by atoms with van der Waals surface area (Å²) in [4.78, 5) is 15.2. The van der Waals surface area contributed by atoms with Gasteiger partial charge in [-0.05, 0) is 12.5 Å². The van der Waals surface area contributed by atoms with E-state index in [1.807, 2.05) is 42.1 Å². The molecule has 0 saturated heterocycles. The summed E-state index contributed by atoms with van der Waals surface area (Å²) in [6, 6.07) is 7.96. The Kier molecular flexibility index (Phi) is 2.86. The summed E-state index contributed by atoms with van der Waals surface area (Å²) in [5, 5.41) is 0. The fourth-order valence-corrected chi connectivity index (χ4v) is 1.70. The molecule has 82 valence electrons. The number of Topliss-reactive ketones (excluding diaryl/α,β-unsaturated/α-hetero) is 1. The van der Waals surface area contributed by atoms with Gasteiger partial charge in [0.05, 0.1) is 0 Å². The van der Waals surface area contributed by atoms with Gasteiger partial charge in [-0.1, -0.05) is 24.3 Å². The first-order valence-electron chi connectivity index (χ1n) is 5.23. The fourth-order valence-electron chi connectivity index (χ4n) is 1.70. The van der Waals surface area contributed by atoms with Crippen molar-refractivity contribution in [2.24, 2.45) is 7.05 Å². The molecule has 3 heteroatoms. The molecular weight excluding hydrogens is 200 g/mol. The van der Waals surface area contributed by atoms with Gasteiger partial charge in [0.25, 0.3) is 0 Å². The molecule has 1 heterocycles. The Morgan fingerprint density at radius 3 is 2.50 bits per heavy atom. The van der Waals surface area contributed by atoms with Gasteiger partial charge in [-0.2, -0.15) is 0 Å². The summed E-state index contributed by atoms with van der Waals surface area (Å²) in [7, 11) is 1.96. The van der Waals surface area contributed by atoms with Gasteiger partial charge in [-0.3, -0.25) is 4.79 Å². The first-order valence-corrected chi connectivity index (χ1v) is 5.23.